The smallest absolute Gasteiger partial charge is 0.460 e. The quantitative estimate of drug-likeness (QED) is 0.223. The average molecular weight is 453 g/mol. The van der Waals surface area contributed by atoms with Crippen molar-refractivity contribution in [2.24, 2.45) is 0 Å². The van der Waals surface area contributed by atoms with Crippen molar-refractivity contribution in [3.05, 3.63) is 12.7 Å². The van der Waals surface area contributed by atoms with Gasteiger partial charge in [-0.3, -0.25) is 0 Å². The van der Waals surface area contributed by atoms with Crippen LogP contribution in [0.1, 0.15) is 0 Å². The lowest BCUT2D eigenvalue weighted by Crippen LogP contribution is -2.71. The first-order valence-corrected chi connectivity index (χ1v) is 6.45. The lowest BCUT2D eigenvalue weighted by molar-refractivity contribution is -0.440. The van der Waals surface area contributed by atoms with Gasteiger partial charge in [0.1, 0.15) is 12.0 Å². The van der Waals surface area contributed by atoms with E-state index in [1.807, 2.05) is 0 Å². The highest BCUT2D eigenvalue weighted by atomic mass is 35.5. The summed E-state index contributed by atoms with van der Waals surface area (Å²) in [6.45, 7) is 0.673. The molecule has 0 aliphatic heterocycles. The topological polar surface area (TPSA) is 26.3 Å². The molecule has 27 heavy (non-hydrogen) atoms. The number of esters is 1. The number of halogens is 14. The predicted octanol–water partition coefficient (Wildman–Crippen LogP) is 5.06. The summed E-state index contributed by atoms with van der Waals surface area (Å²) in [5.41, 5.74) is 0. The van der Waals surface area contributed by atoms with Crippen molar-refractivity contribution in [3.63, 3.8) is 0 Å². The van der Waals surface area contributed by atoms with Gasteiger partial charge in [-0.15, -0.1) is 11.6 Å². The third-order valence-electron chi connectivity index (χ3n) is 2.89. The molecule has 2 nitrogen and oxygen atoms in total. The van der Waals surface area contributed by atoms with Crippen LogP contribution in [0.25, 0.3) is 0 Å². The highest BCUT2D eigenvalue weighted by Crippen LogP contribution is 2.60. The number of alkyl halides is 14. The minimum Gasteiger partial charge on any atom is -0.461 e. The largest absolute Gasteiger partial charge is 0.461 e. The van der Waals surface area contributed by atoms with Gasteiger partial charge in [0.2, 0.25) is 0 Å². The second-order valence-corrected chi connectivity index (χ2v) is 5.25. The Morgan fingerprint density at radius 1 is 0.815 bits per heavy atom. The molecule has 0 saturated heterocycles. The zero-order valence-corrected chi connectivity index (χ0v) is 12.9. The molecule has 0 aromatic carbocycles. The van der Waals surface area contributed by atoms with Crippen molar-refractivity contribution in [2.75, 3.05) is 6.61 Å². The highest BCUT2D eigenvalue weighted by molar-refractivity contribution is 6.21. The number of hydrogen-bond acceptors (Lipinski definition) is 2. The Labute approximate surface area is 145 Å². The zero-order valence-electron chi connectivity index (χ0n) is 12.2. The highest BCUT2D eigenvalue weighted by Gasteiger charge is 2.91. The van der Waals surface area contributed by atoms with Gasteiger partial charge in [0.25, 0.3) is 0 Å². The number of carbonyl (C=O) groups excluding carboxylic acids is 1. The van der Waals surface area contributed by atoms with Crippen LogP contribution in [-0.2, 0) is 9.53 Å². The van der Waals surface area contributed by atoms with Crippen LogP contribution in [0.3, 0.4) is 0 Å². The summed E-state index contributed by atoms with van der Waals surface area (Å²) in [4.78, 5) is 10.6. The molecule has 160 valence electrons. The molecule has 0 saturated carbocycles. The van der Waals surface area contributed by atoms with Gasteiger partial charge in [0, 0.05) is 6.08 Å². The molecule has 0 rings (SSSR count). The Bertz CT molecular complexity index is 569. The Kier molecular flexibility index (Phi) is 6.83. The van der Waals surface area contributed by atoms with Crippen molar-refractivity contribution in [2.45, 2.75) is 41.2 Å². The molecular formula is C11H6ClF13O2. The van der Waals surface area contributed by atoms with Gasteiger partial charge in [0.15, 0.2) is 0 Å². The normalized spacial score (nSPS) is 16.1. The minimum absolute atomic E-state index is 0.256. The van der Waals surface area contributed by atoms with E-state index in [1.54, 1.807) is 0 Å². The third-order valence-corrected chi connectivity index (χ3v) is 3.29. The van der Waals surface area contributed by atoms with Gasteiger partial charge >= 0.3 is 41.8 Å². The van der Waals surface area contributed by atoms with E-state index in [9.17, 15) is 61.9 Å². The van der Waals surface area contributed by atoms with Crippen molar-refractivity contribution in [3.8, 4) is 0 Å². The van der Waals surface area contributed by atoms with E-state index >= 15 is 0 Å². The predicted molar refractivity (Wildman–Crippen MR) is 61.6 cm³/mol. The SMILES string of the molecule is C=CC(=O)OCC(Cl)C(F)(F)C(F)(F)C(F)(F)C(F)(F)C(F)(F)C(F)(F)F. The fraction of sp³-hybridized carbons (Fsp3) is 0.727. The molecule has 0 aliphatic carbocycles. The number of rotatable bonds is 8. The summed E-state index contributed by atoms with van der Waals surface area (Å²) in [6, 6.07) is 0. The van der Waals surface area contributed by atoms with Crippen LogP contribution in [0.15, 0.2) is 12.7 Å². The average Bonchev–Trinajstić information content (AvgIpc) is 2.49. The fourth-order valence-corrected chi connectivity index (χ4v) is 1.50. The Hall–Kier alpha value is -1.41. The standard InChI is InChI=1S/C11H6ClF13O2/c1-2-5(26)27-3-4(12)6(13,14)7(15,16)8(17,18)9(19,20)10(21,22)11(23,24)25/h2,4H,1,3H2. The molecule has 0 bridgehead atoms. The molecule has 0 fully saturated rings. The molecule has 0 heterocycles. The molecule has 0 N–H and O–H groups in total. The van der Waals surface area contributed by atoms with Gasteiger partial charge in [-0.25, -0.2) is 4.79 Å². The van der Waals surface area contributed by atoms with Crippen molar-refractivity contribution in [1.29, 1.82) is 0 Å². The molecule has 0 aromatic rings. The van der Waals surface area contributed by atoms with Gasteiger partial charge in [-0.2, -0.15) is 57.1 Å². The maximum absolute atomic E-state index is 13.4. The maximum Gasteiger partial charge on any atom is 0.460 e. The van der Waals surface area contributed by atoms with E-state index in [1.165, 1.54) is 0 Å². The van der Waals surface area contributed by atoms with Crippen molar-refractivity contribution < 1.29 is 66.6 Å². The number of carbonyl (C=O) groups is 1. The number of hydrogen-bond donors (Lipinski definition) is 0. The second kappa shape index (κ2) is 7.20. The van der Waals surface area contributed by atoms with Crippen LogP contribution in [-0.4, -0.2) is 53.7 Å². The first-order chi connectivity index (χ1) is 11.6. The zero-order chi connectivity index (χ0) is 22.3. The van der Waals surface area contributed by atoms with Gasteiger partial charge in [-0.05, 0) is 0 Å². The van der Waals surface area contributed by atoms with E-state index in [0.29, 0.717) is 0 Å². The van der Waals surface area contributed by atoms with Crippen LogP contribution in [0, 0.1) is 0 Å². The summed E-state index contributed by atoms with van der Waals surface area (Å²) < 4.78 is 170. The lowest BCUT2D eigenvalue weighted by Gasteiger charge is -2.40. The second-order valence-electron chi connectivity index (χ2n) is 4.72. The van der Waals surface area contributed by atoms with Crippen LogP contribution in [0.4, 0.5) is 57.1 Å². The van der Waals surface area contributed by atoms with Gasteiger partial charge in [-0.1, -0.05) is 6.58 Å². The molecule has 0 spiro atoms. The fourth-order valence-electron chi connectivity index (χ4n) is 1.30. The Morgan fingerprint density at radius 3 is 1.52 bits per heavy atom. The van der Waals surface area contributed by atoms with Crippen LogP contribution in [0.5, 0.6) is 0 Å². The lowest BCUT2D eigenvalue weighted by atomic mass is 9.92. The molecule has 1 atom stereocenters. The minimum atomic E-state index is -8.01. The van der Waals surface area contributed by atoms with E-state index in [-0.39, 0.29) is 6.08 Å². The van der Waals surface area contributed by atoms with E-state index in [0.717, 1.165) is 0 Å². The van der Waals surface area contributed by atoms with Crippen LogP contribution >= 0.6 is 11.6 Å². The third kappa shape index (κ3) is 3.92. The van der Waals surface area contributed by atoms with Crippen LogP contribution in [0.2, 0.25) is 0 Å². The summed E-state index contributed by atoms with van der Waals surface area (Å²) in [5.74, 6) is -39.5. The van der Waals surface area contributed by atoms with E-state index < -0.39 is 53.7 Å². The molecule has 0 radical (unpaired) electrons. The van der Waals surface area contributed by atoms with Crippen molar-refractivity contribution in [1.82, 2.24) is 0 Å². The molecular weight excluding hydrogens is 447 g/mol. The van der Waals surface area contributed by atoms with Gasteiger partial charge in [0.05, 0.1) is 0 Å². The van der Waals surface area contributed by atoms with E-state index in [4.69, 9.17) is 0 Å². The molecule has 1 unspecified atom stereocenters. The Balaban J connectivity index is 6.07. The van der Waals surface area contributed by atoms with E-state index in [2.05, 4.69) is 22.9 Å². The molecule has 0 aromatic heterocycles. The Morgan fingerprint density at radius 2 is 1.19 bits per heavy atom. The van der Waals surface area contributed by atoms with Crippen LogP contribution < -0.4 is 0 Å². The first-order valence-electron chi connectivity index (χ1n) is 6.02. The summed E-state index contributed by atoms with van der Waals surface area (Å²) in [5, 5.41) is -3.72. The first kappa shape index (κ1) is 25.6. The summed E-state index contributed by atoms with van der Waals surface area (Å²) >= 11 is 4.59. The molecule has 0 aliphatic rings. The number of ether oxygens (including phenoxy) is 1. The summed E-state index contributed by atoms with van der Waals surface area (Å²) in [6.07, 6.45) is -7.24. The monoisotopic (exact) mass is 452 g/mol. The van der Waals surface area contributed by atoms with Gasteiger partial charge < -0.3 is 4.74 Å². The summed E-state index contributed by atoms with van der Waals surface area (Å²) in [7, 11) is 0. The molecule has 0 amide bonds. The molecule has 16 heteroatoms. The maximum atomic E-state index is 13.4. The van der Waals surface area contributed by atoms with Crippen molar-refractivity contribution >= 4 is 17.6 Å².